The van der Waals surface area contributed by atoms with Gasteiger partial charge in [0.05, 0.1) is 29.8 Å². The summed E-state index contributed by atoms with van der Waals surface area (Å²) in [6.07, 6.45) is -1.45. The zero-order valence-corrected chi connectivity index (χ0v) is 18.6. The van der Waals surface area contributed by atoms with Crippen molar-refractivity contribution in [2.45, 2.75) is 45.6 Å². The standard InChI is InChI=1S/C21H22F3N7O3/c1-4-14-10-33-20(32)31(14)19-28-13(3)27-18(29-19)26-12(2)17-9-30(11-25-17)15-6-5-7-16(8-15)34-21(22,23)24/h5-9,11-12,14H,4,10H2,1-3H3,(H,26,27,28,29)/t12-,14-/m0/s1. The van der Waals surface area contributed by atoms with Crippen LogP contribution in [0.2, 0.25) is 0 Å². The highest BCUT2D eigenvalue weighted by molar-refractivity contribution is 5.88. The predicted octanol–water partition coefficient (Wildman–Crippen LogP) is 4.17. The third-order valence-electron chi connectivity index (χ3n) is 5.12. The number of aromatic nitrogens is 5. The average molecular weight is 477 g/mol. The maximum atomic E-state index is 12.5. The molecular formula is C21H22F3N7O3. The van der Waals surface area contributed by atoms with Crippen LogP contribution in [0.15, 0.2) is 36.8 Å². The van der Waals surface area contributed by atoms with Crippen molar-refractivity contribution in [2.75, 3.05) is 16.8 Å². The van der Waals surface area contributed by atoms with Crippen molar-refractivity contribution >= 4 is 18.0 Å². The molecule has 1 amide bonds. The maximum absolute atomic E-state index is 12.5. The molecule has 1 aliphatic heterocycles. The fourth-order valence-electron chi connectivity index (χ4n) is 3.46. The number of carbonyl (C=O) groups excluding carboxylic acids is 1. The van der Waals surface area contributed by atoms with Crippen molar-refractivity contribution in [2.24, 2.45) is 0 Å². The van der Waals surface area contributed by atoms with Crippen LogP contribution in [0, 0.1) is 6.92 Å². The van der Waals surface area contributed by atoms with Gasteiger partial charge in [-0.3, -0.25) is 0 Å². The number of anilines is 2. The molecular weight excluding hydrogens is 455 g/mol. The van der Waals surface area contributed by atoms with E-state index in [0.29, 0.717) is 23.6 Å². The number of ether oxygens (including phenoxy) is 2. The number of halogens is 3. The zero-order valence-electron chi connectivity index (χ0n) is 18.6. The molecule has 1 N–H and O–H groups in total. The molecule has 2 aromatic heterocycles. The summed E-state index contributed by atoms with van der Waals surface area (Å²) in [5.41, 5.74) is 1.04. The van der Waals surface area contributed by atoms with Crippen LogP contribution in [0.5, 0.6) is 5.75 Å². The second-order valence-corrected chi connectivity index (χ2v) is 7.63. The van der Waals surface area contributed by atoms with Gasteiger partial charge in [0.2, 0.25) is 11.9 Å². The average Bonchev–Trinajstić information content (AvgIpc) is 3.39. The van der Waals surface area contributed by atoms with E-state index in [1.807, 2.05) is 13.8 Å². The fraction of sp³-hybridized carbons (Fsp3) is 0.381. The molecule has 1 aliphatic rings. The Labute approximate surface area is 192 Å². The van der Waals surface area contributed by atoms with E-state index in [1.165, 1.54) is 29.4 Å². The number of nitrogens with zero attached hydrogens (tertiary/aromatic N) is 6. The Balaban J connectivity index is 1.51. The van der Waals surface area contributed by atoms with Gasteiger partial charge in [-0.1, -0.05) is 13.0 Å². The summed E-state index contributed by atoms with van der Waals surface area (Å²) >= 11 is 0. The van der Waals surface area contributed by atoms with Crippen LogP contribution in [0.1, 0.15) is 37.8 Å². The minimum absolute atomic E-state index is 0.160. The molecule has 0 aliphatic carbocycles. The highest BCUT2D eigenvalue weighted by Gasteiger charge is 2.35. The first-order valence-electron chi connectivity index (χ1n) is 10.5. The van der Waals surface area contributed by atoms with E-state index in [1.54, 1.807) is 23.8 Å². The van der Waals surface area contributed by atoms with E-state index in [9.17, 15) is 18.0 Å². The lowest BCUT2D eigenvalue weighted by molar-refractivity contribution is -0.274. The number of imidazole rings is 1. The molecule has 1 saturated heterocycles. The van der Waals surface area contributed by atoms with Gasteiger partial charge in [0.1, 0.15) is 18.2 Å². The topological polar surface area (TPSA) is 107 Å². The number of benzene rings is 1. The van der Waals surface area contributed by atoms with E-state index < -0.39 is 12.5 Å². The van der Waals surface area contributed by atoms with Gasteiger partial charge in [-0.2, -0.15) is 15.0 Å². The molecule has 1 fully saturated rings. The van der Waals surface area contributed by atoms with Crippen LogP contribution in [-0.2, 0) is 4.74 Å². The Bertz CT molecular complexity index is 1180. The Morgan fingerprint density at radius 2 is 2.09 bits per heavy atom. The third kappa shape index (κ3) is 5.18. The molecule has 0 radical (unpaired) electrons. The quantitative estimate of drug-likeness (QED) is 0.540. The van der Waals surface area contributed by atoms with Crippen molar-refractivity contribution in [1.29, 1.82) is 0 Å². The first-order valence-corrected chi connectivity index (χ1v) is 10.5. The van der Waals surface area contributed by atoms with E-state index in [0.717, 1.165) is 0 Å². The number of aryl methyl sites for hydroxylation is 1. The van der Waals surface area contributed by atoms with Crippen LogP contribution in [-0.4, -0.2) is 49.6 Å². The monoisotopic (exact) mass is 477 g/mol. The molecule has 1 aromatic carbocycles. The lowest BCUT2D eigenvalue weighted by Crippen LogP contribution is -2.34. The Morgan fingerprint density at radius 3 is 2.82 bits per heavy atom. The summed E-state index contributed by atoms with van der Waals surface area (Å²) in [4.78, 5) is 30.8. The molecule has 10 nitrogen and oxygen atoms in total. The molecule has 0 spiro atoms. The second kappa shape index (κ2) is 9.15. The molecule has 0 bridgehead atoms. The van der Waals surface area contributed by atoms with Crippen LogP contribution in [0.4, 0.5) is 29.9 Å². The summed E-state index contributed by atoms with van der Waals surface area (Å²) in [6.45, 7) is 5.73. The maximum Gasteiger partial charge on any atom is 0.573 e. The van der Waals surface area contributed by atoms with Crippen LogP contribution >= 0.6 is 0 Å². The van der Waals surface area contributed by atoms with Crippen molar-refractivity contribution in [3.63, 3.8) is 0 Å². The molecule has 34 heavy (non-hydrogen) atoms. The number of hydrogen-bond acceptors (Lipinski definition) is 8. The number of hydrogen-bond donors (Lipinski definition) is 1. The normalized spacial score (nSPS) is 16.9. The van der Waals surface area contributed by atoms with Crippen LogP contribution in [0.3, 0.4) is 0 Å². The Hall–Kier alpha value is -3.90. The number of alkyl halides is 3. The highest BCUT2D eigenvalue weighted by atomic mass is 19.4. The van der Waals surface area contributed by atoms with Gasteiger partial charge in [-0.15, -0.1) is 13.2 Å². The van der Waals surface area contributed by atoms with E-state index in [4.69, 9.17) is 4.74 Å². The van der Waals surface area contributed by atoms with Crippen LogP contribution < -0.4 is 15.0 Å². The molecule has 2 atom stereocenters. The van der Waals surface area contributed by atoms with E-state index in [2.05, 4.69) is 30.0 Å². The predicted molar refractivity (Wildman–Crippen MR) is 115 cm³/mol. The zero-order chi connectivity index (χ0) is 24.5. The van der Waals surface area contributed by atoms with Gasteiger partial charge in [-0.25, -0.2) is 14.7 Å². The van der Waals surface area contributed by atoms with Crippen molar-refractivity contribution in [3.8, 4) is 11.4 Å². The van der Waals surface area contributed by atoms with Gasteiger partial charge in [0, 0.05) is 12.3 Å². The first-order chi connectivity index (χ1) is 16.1. The highest BCUT2D eigenvalue weighted by Crippen LogP contribution is 2.26. The summed E-state index contributed by atoms with van der Waals surface area (Å²) in [6, 6.07) is 5.05. The summed E-state index contributed by atoms with van der Waals surface area (Å²) in [5.74, 6) is 0.537. The second-order valence-electron chi connectivity index (χ2n) is 7.63. The lowest BCUT2D eigenvalue weighted by atomic mass is 10.2. The molecule has 0 unspecified atom stereocenters. The number of carbonyl (C=O) groups is 1. The van der Waals surface area contributed by atoms with Crippen molar-refractivity contribution in [1.82, 2.24) is 24.5 Å². The lowest BCUT2D eigenvalue weighted by Gasteiger charge is -2.19. The Kier molecular flexibility index (Phi) is 6.26. The molecule has 13 heteroatoms. The summed E-state index contributed by atoms with van der Waals surface area (Å²) in [7, 11) is 0. The molecule has 4 rings (SSSR count). The minimum Gasteiger partial charge on any atom is -0.447 e. The molecule has 3 heterocycles. The van der Waals surface area contributed by atoms with Gasteiger partial charge in [0.25, 0.3) is 0 Å². The molecule has 3 aromatic rings. The number of amides is 1. The SMILES string of the molecule is CC[C@H]1COC(=O)N1c1nc(C)nc(N[C@@H](C)c2cn(-c3cccc(OC(F)(F)F)c3)cn2)n1. The first kappa shape index (κ1) is 23.3. The fourth-order valence-corrected chi connectivity index (χ4v) is 3.46. The minimum atomic E-state index is -4.78. The van der Waals surface area contributed by atoms with Crippen molar-refractivity contribution < 1.29 is 27.4 Å². The van der Waals surface area contributed by atoms with E-state index in [-0.39, 0.29) is 36.3 Å². The van der Waals surface area contributed by atoms with Gasteiger partial charge in [-0.05, 0) is 32.4 Å². The van der Waals surface area contributed by atoms with E-state index >= 15 is 0 Å². The molecule has 0 saturated carbocycles. The number of nitrogens with one attached hydrogen (secondary N) is 1. The van der Waals surface area contributed by atoms with Gasteiger partial charge < -0.3 is 19.4 Å². The van der Waals surface area contributed by atoms with Gasteiger partial charge in [0.15, 0.2) is 0 Å². The summed E-state index contributed by atoms with van der Waals surface area (Å²) < 4.78 is 48.2. The third-order valence-corrected chi connectivity index (χ3v) is 5.12. The summed E-state index contributed by atoms with van der Waals surface area (Å²) in [5, 5.41) is 3.13. The number of rotatable bonds is 7. The molecule has 180 valence electrons. The van der Waals surface area contributed by atoms with Gasteiger partial charge >= 0.3 is 12.5 Å². The van der Waals surface area contributed by atoms with Crippen molar-refractivity contribution in [3.05, 3.63) is 48.3 Å². The number of cyclic esters (lactones) is 1. The Morgan fingerprint density at radius 1 is 1.29 bits per heavy atom. The largest absolute Gasteiger partial charge is 0.573 e. The van der Waals surface area contributed by atoms with Crippen LogP contribution in [0.25, 0.3) is 5.69 Å². The smallest absolute Gasteiger partial charge is 0.447 e.